The second-order valence-electron chi connectivity index (χ2n) is 6.92. The van der Waals surface area contributed by atoms with Crippen LogP contribution < -0.4 is 15.4 Å². The number of benzene rings is 1. The Morgan fingerprint density at radius 2 is 2.14 bits per heavy atom. The van der Waals surface area contributed by atoms with Crippen molar-refractivity contribution >= 4 is 39.5 Å². The highest BCUT2D eigenvalue weighted by Gasteiger charge is 2.42. The van der Waals surface area contributed by atoms with E-state index in [1.807, 2.05) is 0 Å². The molecule has 0 unspecified atom stereocenters. The van der Waals surface area contributed by atoms with Crippen LogP contribution >= 0.6 is 11.6 Å². The topological polar surface area (TPSA) is 110 Å². The van der Waals surface area contributed by atoms with Crippen LogP contribution in [-0.2, 0) is 15.8 Å². The number of anilines is 1. The monoisotopic (exact) mass is 440 g/mol. The Morgan fingerprint density at radius 3 is 2.76 bits per heavy atom. The fraction of sp³-hybridized carbons (Fsp3) is 0.278. The van der Waals surface area contributed by atoms with E-state index in [0.29, 0.717) is 10.7 Å². The van der Waals surface area contributed by atoms with E-state index in [1.165, 1.54) is 41.8 Å². The summed E-state index contributed by atoms with van der Waals surface area (Å²) in [5.41, 5.74) is -0.431. The number of hydrogen-bond donors (Lipinski definition) is 5. The fourth-order valence-corrected chi connectivity index (χ4v) is 5.45. The Kier molecular flexibility index (Phi) is 5.61. The molecule has 0 aliphatic carbocycles. The highest BCUT2D eigenvalue weighted by Crippen LogP contribution is 2.33. The molecule has 1 aromatic heterocycles. The smallest absolute Gasteiger partial charge is 0.274 e. The molecule has 1 amide bonds. The average Bonchev–Trinajstić information content (AvgIpc) is 2.68. The van der Waals surface area contributed by atoms with Crippen molar-refractivity contribution in [3.63, 3.8) is 0 Å². The van der Waals surface area contributed by atoms with Gasteiger partial charge in [-0.2, -0.15) is 0 Å². The third-order valence-corrected chi connectivity index (χ3v) is 8.01. The van der Waals surface area contributed by atoms with E-state index in [2.05, 4.69) is 20.3 Å². The molecule has 1 aliphatic rings. The van der Waals surface area contributed by atoms with E-state index in [0.717, 1.165) is 0 Å². The number of nitrogens with zero attached hydrogens (tertiary/aromatic N) is 2. The van der Waals surface area contributed by atoms with E-state index in [1.54, 1.807) is 20.0 Å². The van der Waals surface area contributed by atoms with Gasteiger partial charge in [0, 0.05) is 34.8 Å². The first-order valence-electron chi connectivity index (χ1n) is 8.70. The van der Waals surface area contributed by atoms with E-state index in [9.17, 15) is 13.4 Å². The average molecular weight is 441 g/mol. The second-order valence-corrected chi connectivity index (χ2v) is 10.1. The van der Waals surface area contributed by atoms with Gasteiger partial charge in [0.05, 0.1) is 16.3 Å². The lowest BCUT2D eigenvalue weighted by atomic mass is 9.93. The van der Waals surface area contributed by atoms with Crippen LogP contribution in [0.4, 0.5) is 10.1 Å². The number of carbonyl (C=O) groups is 1. The number of rotatable bonds is 4. The third-order valence-electron chi connectivity index (χ3n) is 4.86. The van der Waals surface area contributed by atoms with Gasteiger partial charge in [-0.1, -0.05) is 11.6 Å². The number of halogens is 2. The lowest BCUT2D eigenvalue weighted by molar-refractivity contribution is 0.102. The molecule has 1 aliphatic heterocycles. The predicted molar refractivity (Wildman–Crippen MR) is 113 cm³/mol. The molecule has 2 aromatic rings. The molecule has 0 bridgehead atoms. The first kappa shape index (κ1) is 21.2. The molecule has 0 saturated carbocycles. The van der Waals surface area contributed by atoms with Crippen LogP contribution in [0.5, 0.6) is 0 Å². The largest absolute Gasteiger partial charge is 0.345 e. The van der Waals surface area contributed by atoms with E-state index >= 15 is 0 Å². The number of carbonyl (C=O) groups excluding carboxylic acids is 1. The normalized spacial score (nSPS) is 22.0. The van der Waals surface area contributed by atoms with Gasteiger partial charge in [-0.05, 0) is 44.3 Å². The van der Waals surface area contributed by atoms with Crippen LogP contribution in [0.2, 0.25) is 5.02 Å². The molecule has 3 rings (SSSR count). The van der Waals surface area contributed by atoms with Crippen LogP contribution in [0.1, 0.15) is 23.0 Å². The summed E-state index contributed by atoms with van der Waals surface area (Å²) in [5, 5.41) is 14.1. The molecule has 4 N–H and O–H groups in total. The predicted octanol–water partition coefficient (Wildman–Crippen LogP) is 1.88. The van der Waals surface area contributed by atoms with Crippen LogP contribution in [0.15, 0.2) is 36.5 Å². The van der Waals surface area contributed by atoms with Gasteiger partial charge < -0.3 is 10.6 Å². The molecule has 1 fully saturated rings. The Labute approximate surface area is 174 Å². The summed E-state index contributed by atoms with van der Waals surface area (Å²) < 4.78 is 31.9. The molecular formula is C18H22ClFN6O2S. The fourth-order valence-electron chi connectivity index (χ4n) is 3.19. The van der Waals surface area contributed by atoms with Crippen molar-refractivity contribution < 1.29 is 13.4 Å². The van der Waals surface area contributed by atoms with E-state index < -0.39 is 27.6 Å². The van der Waals surface area contributed by atoms with Gasteiger partial charge in [0.15, 0.2) is 0 Å². The highest BCUT2D eigenvalue weighted by molar-refractivity contribution is 7.99. The molecule has 11 heteroatoms. The lowest BCUT2D eigenvalue weighted by Crippen LogP contribution is -2.66. The Bertz CT molecular complexity index is 1020. The Morgan fingerprint density at radius 1 is 1.41 bits per heavy atom. The summed E-state index contributed by atoms with van der Waals surface area (Å²) in [4.78, 5) is 16.4. The highest BCUT2D eigenvalue weighted by atomic mass is 35.5. The SMILES string of the molecule is CN[SH]1(=O)C[C@@](C)(c2cc(NC(=O)c3ccc(Cl)cn3)ccc2F)NC(=N)N1C. The van der Waals surface area contributed by atoms with Crippen molar-refractivity contribution in [3.8, 4) is 0 Å². The van der Waals surface area contributed by atoms with Gasteiger partial charge in [0.1, 0.15) is 11.5 Å². The van der Waals surface area contributed by atoms with Crippen molar-refractivity contribution in [2.75, 3.05) is 25.2 Å². The van der Waals surface area contributed by atoms with Gasteiger partial charge in [0.2, 0.25) is 5.96 Å². The van der Waals surface area contributed by atoms with Crippen LogP contribution in [-0.4, -0.2) is 45.2 Å². The number of pyridine rings is 1. The number of aromatic nitrogens is 1. The molecule has 156 valence electrons. The van der Waals surface area contributed by atoms with Gasteiger partial charge in [0.25, 0.3) is 5.91 Å². The minimum atomic E-state index is -3.12. The standard InChI is InChI=1S/C18H22ClFN6O2S/c1-18(10-29(28,22-2)26(3)17(21)25-18)13-8-12(5-6-14(13)20)24-16(27)15-7-4-11(19)9-23-15/h4-9,29H,10H2,1-3H3,(H2,21,25)(H,22,28)(H,24,27)/t18-/m0/s1. The van der Waals surface area contributed by atoms with E-state index in [-0.39, 0.29) is 23.0 Å². The quantitative estimate of drug-likeness (QED) is 0.467. The van der Waals surface area contributed by atoms with Crippen LogP contribution in [0, 0.1) is 11.2 Å². The number of hydrogen-bond acceptors (Lipinski definition) is 4. The van der Waals surface area contributed by atoms with Crippen molar-refractivity contribution in [2.24, 2.45) is 0 Å². The van der Waals surface area contributed by atoms with Crippen molar-refractivity contribution in [1.29, 1.82) is 5.41 Å². The van der Waals surface area contributed by atoms with Gasteiger partial charge in [-0.15, -0.1) is 0 Å². The zero-order valence-corrected chi connectivity index (χ0v) is 17.7. The van der Waals surface area contributed by atoms with E-state index in [4.69, 9.17) is 17.0 Å². The zero-order chi connectivity index (χ0) is 21.4. The molecule has 0 radical (unpaired) electrons. The Hall–Kier alpha value is -2.56. The number of nitrogens with one attached hydrogen (secondary N) is 4. The molecule has 1 atom stereocenters. The van der Waals surface area contributed by atoms with Crippen molar-refractivity contribution in [2.45, 2.75) is 12.5 Å². The summed E-state index contributed by atoms with van der Waals surface area (Å²) in [6.07, 6.45) is 1.36. The summed E-state index contributed by atoms with van der Waals surface area (Å²) in [6, 6.07) is 7.14. The van der Waals surface area contributed by atoms with Gasteiger partial charge in [-0.3, -0.25) is 18.7 Å². The second kappa shape index (κ2) is 7.69. The van der Waals surface area contributed by atoms with Crippen LogP contribution in [0.25, 0.3) is 0 Å². The summed E-state index contributed by atoms with van der Waals surface area (Å²) >= 11 is 5.78. The summed E-state index contributed by atoms with van der Waals surface area (Å²) in [7, 11) is -0.0397. The number of guanidine groups is 1. The zero-order valence-electron chi connectivity index (χ0n) is 16.1. The lowest BCUT2D eigenvalue weighted by Gasteiger charge is -2.48. The van der Waals surface area contributed by atoms with Crippen LogP contribution in [0.3, 0.4) is 0 Å². The molecule has 2 heterocycles. The minimum absolute atomic E-state index is 0.0441. The molecule has 0 spiro atoms. The molecule has 1 aromatic carbocycles. The maximum atomic E-state index is 14.7. The Balaban J connectivity index is 1.92. The van der Waals surface area contributed by atoms with Gasteiger partial charge in [-0.25, -0.2) is 14.1 Å². The summed E-state index contributed by atoms with van der Waals surface area (Å²) in [6.45, 7) is 1.67. The van der Waals surface area contributed by atoms with Gasteiger partial charge >= 0.3 is 0 Å². The number of amides is 1. The molecular weight excluding hydrogens is 419 g/mol. The number of thiol groups is 1. The first-order valence-corrected chi connectivity index (χ1v) is 10.9. The minimum Gasteiger partial charge on any atom is -0.345 e. The molecule has 8 nitrogen and oxygen atoms in total. The maximum absolute atomic E-state index is 14.7. The first-order chi connectivity index (χ1) is 13.6. The third kappa shape index (κ3) is 4.09. The van der Waals surface area contributed by atoms with Crippen molar-refractivity contribution in [3.05, 3.63) is 58.6 Å². The van der Waals surface area contributed by atoms with Crippen molar-refractivity contribution in [1.82, 2.24) is 19.3 Å². The molecule has 29 heavy (non-hydrogen) atoms. The maximum Gasteiger partial charge on any atom is 0.274 e. The summed E-state index contributed by atoms with van der Waals surface area (Å²) in [5.74, 6) is -1.06. The molecule has 1 saturated heterocycles.